The van der Waals surface area contributed by atoms with Crippen LogP contribution in [-0.4, -0.2) is 23.0 Å². The van der Waals surface area contributed by atoms with Crippen molar-refractivity contribution in [3.05, 3.63) is 30.3 Å². The number of hydrogen-bond acceptors (Lipinski definition) is 3. The van der Waals surface area contributed by atoms with Gasteiger partial charge in [-0.25, -0.2) is 0 Å². The van der Waals surface area contributed by atoms with Crippen LogP contribution in [0.25, 0.3) is 0 Å². The van der Waals surface area contributed by atoms with Crippen molar-refractivity contribution < 1.29 is 5.11 Å². The van der Waals surface area contributed by atoms with Gasteiger partial charge in [0.05, 0.1) is 6.10 Å². The summed E-state index contributed by atoms with van der Waals surface area (Å²) in [7, 11) is 0. The first kappa shape index (κ1) is 11.6. The first-order chi connectivity index (χ1) is 6.68. The van der Waals surface area contributed by atoms with Crippen molar-refractivity contribution in [2.24, 2.45) is 5.73 Å². The third-order valence-corrected chi connectivity index (χ3v) is 2.99. The lowest BCUT2D eigenvalue weighted by Crippen LogP contribution is -2.24. The van der Waals surface area contributed by atoms with Crippen LogP contribution in [0.15, 0.2) is 35.2 Å². The molecule has 1 rings (SSSR count). The molecular formula is C11H17NOS. The highest BCUT2D eigenvalue weighted by Gasteiger charge is 2.07. The van der Waals surface area contributed by atoms with E-state index in [-0.39, 0.29) is 12.1 Å². The van der Waals surface area contributed by atoms with Crippen molar-refractivity contribution in [3.8, 4) is 0 Å². The Kier molecular flexibility index (Phi) is 5.01. The van der Waals surface area contributed by atoms with Gasteiger partial charge in [0, 0.05) is 16.7 Å². The van der Waals surface area contributed by atoms with Crippen LogP contribution in [0.1, 0.15) is 13.3 Å². The van der Waals surface area contributed by atoms with Gasteiger partial charge in [0.2, 0.25) is 0 Å². The Morgan fingerprint density at radius 2 is 2.00 bits per heavy atom. The minimum atomic E-state index is -0.305. The molecule has 2 atom stereocenters. The summed E-state index contributed by atoms with van der Waals surface area (Å²) in [5, 5.41) is 9.58. The summed E-state index contributed by atoms with van der Waals surface area (Å²) in [5.74, 6) is 0.714. The van der Waals surface area contributed by atoms with Crippen LogP contribution >= 0.6 is 11.8 Å². The van der Waals surface area contributed by atoms with Crippen LogP contribution in [0.4, 0.5) is 0 Å². The van der Waals surface area contributed by atoms with E-state index in [9.17, 15) is 5.11 Å². The van der Waals surface area contributed by atoms with Crippen molar-refractivity contribution in [2.45, 2.75) is 30.4 Å². The maximum absolute atomic E-state index is 9.58. The highest BCUT2D eigenvalue weighted by atomic mass is 32.2. The summed E-state index contributed by atoms with van der Waals surface area (Å²) in [4.78, 5) is 1.19. The van der Waals surface area contributed by atoms with E-state index in [2.05, 4.69) is 0 Å². The molecule has 3 heteroatoms. The average Bonchev–Trinajstić information content (AvgIpc) is 2.15. The highest BCUT2D eigenvalue weighted by molar-refractivity contribution is 7.99. The van der Waals surface area contributed by atoms with Crippen LogP contribution in [0.5, 0.6) is 0 Å². The van der Waals surface area contributed by atoms with Gasteiger partial charge in [-0.1, -0.05) is 18.2 Å². The van der Waals surface area contributed by atoms with E-state index in [0.29, 0.717) is 12.2 Å². The fourth-order valence-corrected chi connectivity index (χ4v) is 2.08. The summed E-state index contributed by atoms with van der Waals surface area (Å²) < 4.78 is 0. The molecule has 0 saturated heterocycles. The molecule has 0 saturated carbocycles. The summed E-state index contributed by atoms with van der Waals surface area (Å²) >= 11 is 1.66. The molecule has 14 heavy (non-hydrogen) atoms. The SMILES string of the molecule is CC(N)CC(O)CSc1ccccc1. The van der Waals surface area contributed by atoms with Crippen molar-refractivity contribution in [2.75, 3.05) is 5.75 Å². The Morgan fingerprint density at radius 3 is 2.57 bits per heavy atom. The molecule has 1 aromatic rings. The van der Waals surface area contributed by atoms with E-state index in [1.54, 1.807) is 11.8 Å². The molecule has 0 bridgehead atoms. The Hall–Kier alpha value is -0.510. The second-order valence-corrected chi connectivity index (χ2v) is 4.58. The molecule has 0 aliphatic heterocycles. The molecule has 0 fully saturated rings. The number of thioether (sulfide) groups is 1. The Labute approximate surface area is 89.5 Å². The van der Waals surface area contributed by atoms with Gasteiger partial charge in [-0.3, -0.25) is 0 Å². The van der Waals surface area contributed by atoms with Crippen LogP contribution in [0.2, 0.25) is 0 Å². The lowest BCUT2D eigenvalue weighted by molar-refractivity contribution is 0.181. The maximum Gasteiger partial charge on any atom is 0.0648 e. The van der Waals surface area contributed by atoms with Gasteiger partial charge < -0.3 is 10.8 Å². The van der Waals surface area contributed by atoms with Gasteiger partial charge in [0.15, 0.2) is 0 Å². The molecule has 0 aromatic heterocycles. The number of nitrogens with two attached hydrogens (primary N) is 1. The smallest absolute Gasteiger partial charge is 0.0648 e. The molecule has 0 aliphatic carbocycles. The Balaban J connectivity index is 2.27. The number of aliphatic hydroxyl groups excluding tert-OH is 1. The minimum Gasteiger partial charge on any atom is -0.392 e. The van der Waals surface area contributed by atoms with Crippen LogP contribution in [-0.2, 0) is 0 Å². The molecule has 2 unspecified atom stereocenters. The first-order valence-electron chi connectivity index (χ1n) is 4.80. The summed E-state index contributed by atoms with van der Waals surface area (Å²) in [6, 6.07) is 10.1. The summed E-state index contributed by atoms with van der Waals surface area (Å²) in [6.45, 7) is 1.91. The predicted octanol–water partition coefficient (Wildman–Crippen LogP) is 1.88. The van der Waals surface area contributed by atoms with Gasteiger partial charge >= 0.3 is 0 Å². The standard InChI is InChI=1S/C11H17NOS/c1-9(12)7-10(13)8-14-11-5-3-2-4-6-11/h2-6,9-10,13H,7-8,12H2,1H3. The van der Waals surface area contributed by atoms with Crippen molar-refractivity contribution >= 4 is 11.8 Å². The molecule has 3 N–H and O–H groups in total. The van der Waals surface area contributed by atoms with Crippen molar-refractivity contribution in [3.63, 3.8) is 0 Å². The summed E-state index contributed by atoms with van der Waals surface area (Å²) in [6.07, 6.45) is 0.361. The van der Waals surface area contributed by atoms with Gasteiger partial charge in [-0.15, -0.1) is 11.8 Å². The zero-order valence-electron chi connectivity index (χ0n) is 8.39. The van der Waals surface area contributed by atoms with E-state index in [1.165, 1.54) is 4.90 Å². The normalized spacial score (nSPS) is 15.1. The van der Waals surface area contributed by atoms with E-state index < -0.39 is 0 Å². The van der Waals surface area contributed by atoms with Gasteiger partial charge in [-0.2, -0.15) is 0 Å². The predicted molar refractivity (Wildman–Crippen MR) is 61.4 cm³/mol. The highest BCUT2D eigenvalue weighted by Crippen LogP contribution is 2.18. The molecule has 1 aromatic carbocycles. The number of rotatable bonds is 5. The molecule has 2 nitrogen and oxygen atoms in total. The van der Waals surface area contributed by atoms with E-state index in [1.807, 2.05) is 37.3 Å². The first-order valence-corrected chi connectivity index (χ1v) is 5.78. The number of benzene rings is 1. The topological polar surface area (TPSA) is 46.2 Å². The fraction of sp³-hybridized carbons (Fsp3) is 0.455. The monoisotopic (exact) mass is 211 g/mol. The van der Waals surface area contributed by atoms with E-state index in [4.69, 9.17) is 5.73 Å². The van der Waals surface area contributed by atoms with E-state index in [0.717, 1.165) is 0 Å². The van der Waals surface area contributed by atoms with Crippen LogP contribution in [0.3, 0.4) is 0 Å². The number of hydrogen-bond donors (Lipinski definition) is 2. The van der Waals surface area contributed by atoms with Crippen molar-refractivity contribution in [1.29, 1.82) is 0 Å². The molecule has 0 amide bonds. The molecule has 0 aliphatic rings. The van der Waals surface area contributed by atoms with Gasteiger partial charge in [0.25, 0.3) is 0 Å². The molecule has 0 radical (unpaired) electrons. The van der Waals surface area contributed by atoms with Gasteiger partial charge in [-0.05, 0) is 25.5 Å². The molecular weight excluding hydrogens is 194 g/mol. The second kappa shape index (κ2) is 6.06. The van der Waals surface area contributed by atoms with Crippen LogP contribution in [0, 0.1) is 0 Å². The average molecular weight is 211 g/mol. The summed E-state index contributed by atoms with van der Waals surface area (Å²) in [5.41, 5.74) is 5.59. The zero-order valence-corrected chi connectivity index (χ0v) is 9.20. The lowest BCUT2D eigenvalue weighted by atomic mass is 10.2. The maximum atomic E-state index is 9.58. The third-order valence-electron chi connectivity index (χ3n) is 1.83. The van der Waals surface area contributed by atoms with Crippen LogP contribution < -0.4 is 5.73 Å². The second-order valence-electron chi connectivity index (χ2n) is 3.49. The van der Waals surface area contributed by atoms with E-state index >= 15 is 0 Å². The molecule has 78 valence electrons. The minimum absolute atomic E-state index is 0.0707. The van der Waals surface area contributed by atoms with Crippen molar-refractivity contribution in [1.82, 2.24) is 0 Å². The quantitative estimate of drug-likeness (QED) is 0.731. The van der Waals surface area contributed by atoms with Gasteiger partial charge in [0.1, 0.15) is 0 Å². The Bertz CT molecular complexity index is 251. The molecule has 0 heterocycles. The number of aliphatic hydroxyl groups is 1. The fourth-order valence-electron chi connectivity index (χ4n) is 1.21. The third kappa shape index (κ3) is 4.65. The zero-order chi connectivity index (χ0) is 10.4. The largest absolute Gasteiger partial charge is 0.392 e. The Morgan fingerprint density at radius 1 is 1.36 bits per heavy atom. The lowest BCUT2D eigenvalue weighted by Gasteiger charge is -2.12. The molecule has 0 spiro atoms.